The first-order valence-electron chi connectivity index (χ1n) is 8.25. The monoisotopic (exact) mass is 379 g/mol. The van der Waals surface area contributed by atoms with Crippen LogP contribution in [-0.4, -0.2) is 48.5 Å². The molecular weight excluding hydrogens is 358 g/mol. The Morgan fingerprint density at radius 2 is 1.92 bits per heavy atom. The Bertz CT molecular complexity index is 771. The van der Waals surface area contributed by atoms with Gasteiger partial charge in [0.15, 0.2) is 0 Å². The number of carboxylic acids is 1. The van der Waals surface area contributed by atoms with Crippen LogP contribution in [0.5, 0.6) is 0 Å². The van der Waals surface area contributed by atoms with Crippen molar-refractivity contribution in [3.05, 3.63) is 41.1 Å². The lowest BCUT2D eigenvalue weighted by Gasteiger charge is -2.12. The van der Waals surface area contributed by atoms with Gasteiger partial charge in [0.25, 0.3) is 0 Å². The maximum absolute atomic E-state index is 10.6. The molecule has 140 valence electrons. The van der Waals surface area contributed by atoms with Gasteiger partial charge >= 0.3 is 5.97 Å². The molecule has 0 fully saturated rings. The van der Waals surface area contributed by atoms with Crippen molar-refractivity contribution in [3.63, 3.8) is 0 Å². The maximum Gasteiger partial charge on any atom is 0.305 e. The van der Waals surface area contributed by atoms with E-state index in [4.69, 9.17) is 16.7 Å². The van der Waals surface area contributed by atoms with Crippen molar-refractivity contribution in [3.8, 4) is 11.3 Å². The Hall–Kier alpha value is -2.22. The molecule has 2 unspecified atom stereocenters. The molecule has 0 amide bonds. The lowest BCUT2D eigenvalue weighted by molar-refractivity contribution is -0.139. The third kappa shape index (κ3) is 5.39. The van der Waals surface area contributed by atoms with Crippen molar-refractivity contribution in [2.45, 2.75) is 44.9 Å². The highest BCUT2D eigenvalue weighted by Gasteiger charge is 2.16. The van der Waals surface area contributed by atoms with Gasteiger partial charge in [-0.2, -0.15) is 0 Å². The standard InChI is InChI=1S/C18H22ClN3O4/c1-11(2)22-16(8-7-14(23)9-15(24)10-17(25)26)18(20-21-22)12-3-5-13(19)6-4-12/h3-8,11,14-15,23-24H,9-10H2,1-2H3,(H,25,26). The van der Waals surface area contributed by atoms with Crippen LogP contribution in [0.15, 0.2) is 30.3 Å². The third-order valence-electron chi connectivity index (χ3n) is 3.74. The second-order valence-corrected chi connectivity index (χ2v) is 6.72. The molecule has 0 spiro atoms. The minimum atomic E-state index is -1.11. The van der Waals surface area contributed by atoms with Gasteiger partial charge in [-0.15, -0.1) is 5.10 Å². The van der Waals surface area contributed by atoms with Gasteiger partial charge < -0.3 is 15.3 Å². The van der Waals surface area contributed by atoms with Gasteiger partial charge in [-0.25, -0.2) is 4.68 Å². The molecule has 0 aliphatic rings. The largest absolute Gasteiger partial charge is 0.481 e. The first-order valence-corrected chi connectivity index (χ1v) is 8.63. The number of aliphatic carboxylic acids is 1. The molecule has 26 heavy (non-hydrogen) atoms. The number of rotatable bonds is 8. The number of aliphatic hydroxyl groups is 2. The van der Waals surface area contributed by atoms with E-state index in [1.807, 2.05) is 26.0 Å². The summed E-state index contributed by atoms with van der Waals surface area (Å²) < 4.78 is 1.72. The molecule has 3 N–H and O–H groups in total. The average molecular weight is 380 g/mol. The van der Waals surface area contributed by atoms with E-state index in [-0.39, 0.29) is 12.5 Å². The summed E-state index contributed by atoms with van der Waals surface area (Å²) in [4.78, 5) is 10.6. The molecule has 8 heteroatoms. The summed E-state index contributed by atoms with van der Waals surface area (Å²) in [6, 6.07) is 7.24. The predicted molar refractivity (Wildman–Crippen MR) is 98.8 cm³/mol. The molecule has 1 aromatic carbocycles. The quantitative estimate of drug-likeness (QED) is 0.650. The highest BCUT2D eigenvalue weighted by molar-refractivity contribution is 6.30. The summed E-state index contributed by atoms with van der Waals surface area (Å²) in [5, 5.41) is 37.4. The van der Waals surface area contributed by atoms with E-state index in [9.17, 15) is 15.0 Å². The second-order valence-electron chi connectivity index (χ2n) is 6.28. The normalized spacial score (nSPS) is 14.1. The van der Waals surface area contributed by atoms with Gasteiger partial charge in [0.05, 0.1) is 24.3 Å². The van der Waals surface area contributed by atoms with Crippen molar-refractivity contribution in [1.29, 1.82) is 0 Å². The SMILES string of the molecule is CC(C)n1nnc(-c2ccc(Cl)cc2)c1C=CC(O)CC(O)CC(=O)O. The Morgan fingerprint density at radius 3 is 2.50 bits per heavy atom. The van der Waals surface area contributed by atoms with E-state index >= 15 is 0 Å². The molecule has 0 bridgehead atoms. The fraction of sp³-hybridized carbons (Fsp3) is 0.389. The second kappa shape index (κ2) is 8.93. The molecule has 0 aliphatic heterocycles. The van der Waals surface area contributed by atoms with Crippen LogP contribution >= 0.6 is 11.6 Å². The molecule has 2 rings (SSSR count). The zero-order valence-electron chi connectivity index (χ0n) is 14.6. The number of nitrogens with zero attached hydrogens (tertiary/aromatic N) is 3. The van der Waals surface area contributed by atoms with Crippen LogP contribution in [0, 0.1) is 0 Å². The van der Waals surface area contributed by atoms with Crippen molar-refractivity contribution < 1.29 is 20.1 Å². The molecule has 2 atom stereocenters. The predicted octanol–water partition coefficient (Wildman–Crippen LogP) is 2.78. The summed E-state index contributed by atoms with van der Waals surface area (Å²) in [5.41, 5.74) is 2.18. The fourth-order valence-electron chi connectivity index (χ4n) is 2.50. The molecule has 0 saturated carbocycles. The number of benzene rings is 1. The molecule has 1 aromatic heterocycles. The van der Waals surface area contributed by atoms with Crippen molar-refractivity contribution in [2.75, 3.05) is 0 Å². The Kier molecular flexibility index (Phi) is 6.90. The first-order chi connectivity index (χ1) is 12.3. The van der Waals surface area contributed by atoms with E-state index in [2.05, 4.69) is 10.3 Å². The van der Waals surface area contributed by atoms with Gasteiger partial charge in [-0.3, -0.25) is 4.79 Å². The molecule has 7 nitrogen and oxygen atoms in total. The summed E-state index contributed by atoms with van der Waals surface area (Å²) in [6.45, 7) is 3.93. The summed E-state index contributed by atoms with van der Waals surface area (Å²) in [7, 11) is 0. The molecule has 2 aromatic rings. The van der Waals surface area contributed by atoms with E-state index in [0.29, 0.717) is 16.4 Å². The minimum Gasteiger partial charge on any atom is -0.481 e. The van der Waals surface area contributed by atoms with Gasteiger partial charge in [0.2, 0.25) is 0 Å². The Labute approximate surface area is 156 Å². The smallest absolute Gasteiger partial charge is 0.305 e. The summed E-state index contributed by atoms with van der Waals surface area (Å²) in [6.07, 6.45) is 0.604. The molecule has 0 radical (unpaired) electrons. The van der Waals surface area contributed by atoms with E-state index in [0.717, 1.165) is 5.56 Å². The summed E-state index contributed by atoms with van der Waals surface area (Å²) >= 11 is 5.93. The third-order valence-corrected chi connectivity index (χ3v) is 3.99. The number of halogens is 1. The van der Waals surface area contributed by atoms with Crippen LogP contribution in [0.3, 0.4) is 0 Å². The first kappa shape index (κ1) is 20.1. The van der Waals surface area contributed by atoms with Crippen molar-refractivity contribution in [2.24, 2.45) is 0 Å². The zero-order valence-corrected chi connectivity index (χ0v) is 15.3. The lowest BCUT2D eigenvalue weighted by Crippen LogP contribution is -2.19. The van der Waals surface area contributed by atoms with E-state index in [1.54, 1.807) is 22.9 Å². The molecule has 1 heterocycles. The highest BCUT2D eigenvalue weighted by atomic mass is 35.5. The van der Waals surface area contributed by atoms with Crippen LogP contribution in [-0.2, 0) is 4.79 Å². The highest BCUT2D eigenvalue weighted by Crippen LogP contribution is 2.26. The van der Waals surface area contributed by atoms with Gasteiger partial charge in [-0.1, -0.05) is 35.0 Å². The van der Waals surface area contributed by atoms with Crippen LogP contribution < -0.4 is 0 Å². The maximum atomic E-state index is 10.6. The Morgan fingerprint density at radius 1 is 1.27 bits per heavy atom. The van der Waals surface area contributed by atoms with Crippen molar-refractivity contribution in [1.82, 2.24) is 15.0 Å². The van der Waals surface area contributed by atoms with Gasteiger partial charge in [0, 0.05) is 23.0 Å². The number of hydrogen-bond donors (Lipinski definition) is 3. The summed E-state index contributed by atoms with van der Waals surface area (Å²) in [5.74, 6) is -1.11. The number of carboxylic acid groups (broad SMARTS) is 1. The number of aromatic nitrogens is 3. The van der Waals surface area contributed by atoms with E-state index in [1.165, 1.54) is 6.08 Å². The fourth-order valence-corrected chi connectivity index (χ4v) is 2.62. The van der Waals surface area contributed by atoms with Crippen LogP contribution in [0.1, 0.15) is 38.4 Å². The number of carbonyl (C=O) groups is 1. The van der Waals surface area contributed by atoms with Gasteiger partial charge in [0.1, 0.15) is 5.69 Å². The topological polar surface area (TPSA) is 108 Å². The van der Waals surface area contributed by atoms with Gasteiger partial charge in [-0.05, 0) is 32.1 Å². The average Bonchev–Trinajstić information content (AvgIpc) is 2.96. The Balaban J connectivity index is 2.25. The molecule has 0 saturated heterocycles. The zero-order chi connectivity index (χ0) is 19.3. The lowest BCUT2D eigenvalue weighted by atomic mass is 10.1. The number of aliphatic hydroxyl groups excluding tert-OH is 2. The molecular formula is C18H22ClN3O4. The van der Waals surface area contributed by atoms with E-state index < -0.39 is 24.6 Å². The van der Waals surface area contributed by atoms with Crippen molar-refractivity contribution >= 4 is 23.6 Å². The minimum absolute atomic E-state index is 0.0537. The number of hydrogen-bond acceptors (Lipinski definition) is 5. The van der Waals surface area contributed by atoms with Crippen LogP contribution in [0.4, 0.5) is 0 Å². The van der Waals surface area contributed by atoms with Crippen LogP contribution in [0.25, 0.3) is 17.3 Å². The van der Waals surface area contributed by atoms with Crippen LogP contribution in [0.2, 0.25) is 5.02 Å². The molecule has 0 aliphatic carbocycles.